The Morgan fingerprint density at radius 1 is 1.19 bits per heavy atom. The van der Waals surface area contributed by atoms with Crippen molar-refractivity contribution in [1.29, 1.82) is 0 Å². The van der Waals surface area contributed by atoms with E-state index in [4.69, 9.17) is 4.74 Å². The lowest BCUT2D eigenvalue weighted by atomic mass is 9.75. The highest BCUT2D eigenvalue weighted by Gasteiger charge is 2.44. The number of carbonyl (C=O) groups is 2. The van der Waals surface area contributed by atoms with E-state index >= 15 is 0 Å². The second-order valence-electron chi connectivity index (χ2n) is 8.51. The number of aromatic amines is 1. The summed E-state index contributed by atoms with van der Waals surface area (Å²) >= 11 is 0. The maximum absolute atomic E-state index is 13.3. The summed E-state index contributed by atoms with van der Waals surface area (Å²) in [5.74, 6) is -0.551. The lowest BCUT2D eigenvalue weighted by molar-refractivity contribution is -0.159. The van der Waals surface area contributed by atoms with Gasteiger partial charge in [0.1, 0.15) is 5.56 Å². The van der Waals surface area contributed by atoms with Gasteiger partial charge in [-0.2, -0.15) is 0 Å². The molecule has 1 amide bonds. The summed E-state index contributed by atoms with van der Waals surface area (Å²) in [5.41, 5.74) is 1.66. The maximum Gasteiger partial charge on any atom is 0.313 e. The third-order valence-electron chi connectivity index (χ3n) is 6.12. The number of piperidine rings is 1. The minimum absolute atomic E-state index is 0.162. The highest BCUT2D eigenvalue weighted by atomic mass is 16.5. The van der Waals surface area contributed by atoms with Crippen LogP contribution in [0.1, 0.15) is 59.8 Å². The van der Waals surface area contributed by atoms with E-state index in [9.17, 15) is 14.4 Å². The largest absolute Gasteiger partial charge is 0.466 e. The van der Waals surface area contributed by atoms with Crippen LogP contribution in [0.2, 0.25) is 0 Å². The van der Waals surface area contributed by atoms with Gasteiger partial charge in [-0.1, -0.05) is 30.3 Å². The van der Waals surface area contributed by atoms with Crippen LogP contribution in [0.15, 0.2) is 41.2 Å². The molecule has 1 N–H and O–H groups in total. The SMILES string of the molecule is CCOC(=O)[C@]1(CCCc2ccccc2)CCCN(C(=O)c2c(C)cc(C)[nH]c2=O)C1. The number of hydrogen-bond donors (Lipinski definition) is 1. The number of carbonyl (C=O) groups excluding carboxylic acids is 2. The average molecular weight is 425 g/mol. The topological polar surface area (TPSA) is 79.5 Å². The maximum atomic E-state index is 13.3. The van der Waals surface area contributed by atoms with E-state index in [0.717, 1.165) is 18.5 Å². The van der Waals surface area contributed by atoms with E-state index in [1.807, 2.05) is 18.2 Å². The van der Waals surface area contributed by atoms with Crippen LogP contribution in [-0.4, -0.2) is 41.5 Å². The Balaban J connectivity index is 1.81. The van der Waals surface area contributed by atoms with Crippen molar-refractivity contribution in [3.8, 4) is 0 Å². The molecule has 0 radical (unpaired) electrons. The molecule has 1 fully saturated rings. The molecule has 6 nitrogen and oxygen atoms in total. The number of nitrogens with one attached hydrogen (secondary N) is 1. The lowest BCUT2D eigenvalue weighted by Gasteiger charge is -2.41. The molecule has 6 heteroatoms. The fraction of sp³-hybridized carbons (Fsp3) is 0.480. The van der Waals surface area contributed by atoms with Crippen molar-refractivity contribution in [3.05, 3.63) is 69.1 Å². The predicted octanol–water partition coefficient (Wildman–Crippen LogP) is 3.80. The summed E-state index contributed by atoms with van der Waals surface area (Å²) in [6, 6.07) is 12.0. The number of benzene rings is 1. The molecule has 1 aromatic carbocycles. The first kappa shape index (κ1) is 22.8. The van der Waals surface area contributed by atoms with Crippen LogP contribution in [0, 0.1) is 19.3 Å². The second-order valence-corrected chi connectivity index (χ2v) is 8.51. The summed E-state index contributed by atoms with van der Waals surface area (Å²) in [7, 11) is 0. The van der Waals surface area contributed by atoms with E-state index in [-0.39, 0.29) is 29.5 Å². The Labute approximate surface area is 183 Å². The third kappa shape index (κ3) is 5.24. The van der Waals surface area contributed by atoms with Gasteiger partial charge in [0, 0.05) is 18.8 Å². The highest BCUT2D eigenvalue weighted by molar-refractivity contribution is 5.95. The quantitative estimate of drug-likeness (QED) is 0.686. The minimum atomic E-state index is -0.732. The molecule has 0 saturated carbocycles. The molecule has 0 bridgehead atoms. The Hall–Kier alpha value is -2.89. The smallest absolute Gasteiger partial charge is 0.313 e. The number of likely N-dealkylation sites (tertiary alicyclic amines) is 1. The van der Waals surface area contributed by atoms with Gasteiger partial charge in [0.2, 0.25) is 0 Å². The van der Waals surface area contributed by atoms with Gasteiger partial charge >= 0.3 is 5.97 Å². The number of aromatic nitrogens is 1. The van der Waals surface area contributed by atoms with Crippen LogP contribution in [0.4, 0.5) is 0 Å². The first-order valence-corrected chi connectivity index (χ1v) is 11.1. The van der Waals surface area contributed by atoms with Crippen molar-refractivity contribution in [2.24, 2.45) is 5.41 Å². The first-order chi connectivity index (χ1) is 14.9. The van der Waals surface area contributed by atoms with Crippen molar-refractivity contribution in [1.82, 2.24) is 9.88 Å². The third-order valence-corrected chi connectivity index (χ3v) is 6.12. The predicted molar refractivity (Wildman–Crippen MR) is 120 cm³/mol. The molecule has 1 saturated heterocycles. The fourth-order valence-electron chi connectivity index (χ4n) is 4.62. The van der Waals surface area contributed by atoms with E-state index < -0.39 is 5.41 Å². The van der Waals surface area contributed by atoms with Gasteiger partial charge < -0.3 is 14.6 Å². The molecule has 0 unspecified atom stereocenters. The summed E-state index contributed by atoms with van der Waals surface area (Å²) in [5, 5.41) is 0. The summed E-state index contributed by atoms with van der Waals surface area (Å²) in [6.45, 7) is 6.50. The molecule has 1 atom stereocenters. The molecule has 1 aromatic heterocycles. The molecular formula is C25H32N2O4. The number of amides is 1. The Morgan fingerprint density at radius 3 is 2.61 bits per heavy atom. The molecule has 0 aliphatic carbocycles. The van der Waals surface area contributed by atoms with E-state index in [0.29, 0.717) is 38.0 Å². The Morgan fingerprint density at radius 2 is 1.94 bits per heavy atom. The normalized spacial score (nSPS) is 18.6. The van der Waals surface area contributed by atoms with Crippen LogP contribution in [0.25, 0.3) is 0 Å². The van der Waals surface area contributed by atoms with E-state index in [1.54, 1.807) is 31.7 Å². The molecule has 1 aliphatic rings. The summed E-state index contributed by atoms with van der Waals surface area (Å²) < 4.78 is 5.44. The summed E-state index contributed by atoms with van der Waals surface area (Å²) in [4.78, 5) is 43.1. The number of hydrogen-bond acceptors (Lipinski definition) is 4. The van der Waals surface area contributed by atoms with Crippen LogP contribution in [0.3, 0.4) is 0 Å². The zero-order valence-electron chi connectivity index (χ0n) is 18.7. The fourth-order valence-corrected chi connectivity index (χ4v) is 4.62. The van der Waals surface area contributed by atoms with Gasteiger partial charge in [-0.05, 0) is 70.1 Å². The highest BCUT2D eigenvalue weighted by Crippen LogP contribution is 2.37. The molecule has 2 heterocycles. The van der Waals surface area contributed by atoms with Gasteiger partial charge in [0.25, 0.3) is 11.5 Å². The Bertz CT molecular complexity index is 983. The van der Waals surface area contributed by atoms with Gasteiger partial charge in [0.05, 0.1) is 12.0 Å². The van der Waals surface area contributed by atoms with E-state index in [1.165, 1.54) is 5.56 Å². The number of ether oxygens (including phenoxy) is 1. The van der Waals surface area contributed by atoms with Crippen molar-refractivity contribution >= 4 is 11.9 Å². The number of esters is 1. The van der Waals surface area contributed by atoms with Crippen molar-refractivity contribution in [3.63, 3.8) is 0 Å². The van der Waals surface area contributed by atoms with Crippen molar-refractivity contribution < 1.29 is 14.3 Å². The number of pyridine rings is 1. The van der Waals surface area contributed by atoms with Gasteiger partial charge in [-0.3, -0.25) is 14.4 Å². The van der Waals surface area contributed by atoms with Crippen LogP contribution >= 0.6 is 0 Å². The number of nitrogens with zero attached hydrogens (tertiary/aromatic N) is 1. The van der Waals surface area contributed by atoms with Gasteiger partial charge in [0.15, 0.2) is 0 Å². The number of aryl methyl sites for hydroxylation is 3. The molecule has 166 valence electrons. The zero-order chi connectivity index (χ0) is 22.4. The second kappa shape index (κ2) is 9.94. The lowest BCUT2D eigenvalue weighted by Crippen LogP contribution is -2.51. The molecule has 2 aromatic rings. The van der Waals surface area contributed by atoms with Crippen molar-refractivity contribution in [2.45, 2.75) is 52.9 Å². The number of H-pyrrole nitrogens is 1. The van der Waals surface area contributed by atoms with Crippen LogP contribution in [0.5, 0.6) is 0 Å². The van der Waals surface area contributed by atoms with Crippen molar-refractivity contribution in [2.75, 3.05) is 19.7 Å². The minimum Gasteiger partial charge on any atom is -0.466 e. The standard InChI is InChI=1S/C25H32N2O4/c1-4-31-24(30)25(13-8-12-20-10-6-5-7-11-20)14-9-15-27(17-25)23(29)21-18(2)16-19(3)26-22(21)28/h5-7,10-11,16H,4,8-9,12-15,17H2,1-3H3,(H,26,28)/t25-/m1/s1. The van der Waals surface area contributed by atoms with Crippen LogP contribution in [-0.2, 0) is 16.0 Å². The monoisotopic (exact) mass is 424 g/mol. The first-order valence-electron chi connectivity index (χ1n) is 11.1. The zero-order valence-corrected chi connectivity index (χ0v) is 18.7. The average Bonchev–Trinajstić information content (AvgIpc) is 2.74. The molecule has 0 spiro atoms. The van der Waals surface area contributed by atoms with E-state index in [2.05, 4.69) is 17.1 Å². The van der Waals surface area contributed by atoms with Crippen LogP contribution < -0.4 is 5.56 Å². The van der Waals surface area contributed by atoms with Gasteiger partial charge in [-0.15, -0.1) is 0 Å². The molecule has 1 aliphatic heterocycles. The Kier molecular flexibility index (Phi) is 7.31. The molecular weight excluding hydrogens is 392 g/mol. The number of rotatable bonds is 7. The molecule has 31 heavy (non-hydrogen) atoms. The van der Waals surface area contributed by atoms with Gasteiger partial charge in [-0.25, -0.2) is 0 Å². The summed E-state index contributed by atoms with van der Waals surface area (Å²) in [6.07, 6.45) is 3.74. The molecule has 3 rings (SSSR count).